The molecule has 0 heterocycles. The highest BCUT2D eigenvalue weighted by atomic mass is 32.2. The second-order valence-corrected chi connectivity index (χ2v) is 8.62. The lowest BCUT2D eigenvalue weighted by Gasteiger charge is -2.27. The van der Waals surface area contributed by atoms with Crippen LogP contribution in [0, 0.1) is 5.82 Å². The van der Waals surface area contributed by atoms with E-state index in [1.165, 1.54) is 11.6 Å². The highest BCUT2D eigenvalue weighted by Crippen LogP contribution is 2.34. The molecule has 3 rings (SSSR count). The number of sulfonamides is 1. The van der Waals surface area contributed by atoms with Crippen LogP contribution in [0.4, 0.5) is 10.1 Å². The summed E-state index contributed by atoms with van der Waals surface area (Å²) < 4.78 is 39.6. The Morgan fingerprint density at radius 3 is 2.26 bits per heavy atom. The Balaban J connectivity index is 1.71. The Labute approximate surface area is 159 Å². The maximum Gasteiger partial charge on any atom is 0.232 e. The minimum absolute atomic E-state index is 0.00603. The quantitative estimate of drug-likeness (QED) is 0.616. The van der Waals surface area contributed by atoms with Crippen LogP contribution in [0.3, 0.4) is 0 Å². The lowest BCUT2D eigenvalue weighted by Crippen LogP contribution is -2.37. The van der Waals surface area contributed by atoms with Gasteiger partial charge in [0, 0.05) is 0 Å². The summed E-state index contributed by atoms with van der Waals surface area (Å²) in [5.74, 6) is 0.0996. The van der Waals surface area contributed by atoms with Gasteiger partial charge in [-0.25, -0.2) is 17.8 Å². The summed E-state index contributed by atoms with van der Waals surface area (Å²) >= 11 is 0. The fraction of sp³-hybridized carbons (Fsp3) is 0.350. The topological polar surface area (TPSA) is 70.6 Å². The van der Waals surface area contributed by atoms with Crippen molar-refractivity contribution in [1.29, 1.82) is 0 Å². The van der Waals surface area contributed by atoms with Gasteiger partial charge in [-0.15, -0.1) is 0 Å². The predicted molar refractivity (Wildman–Crippen MR) is 107 cm³/mol. The summed E-state index contributed by atoms with van der Waals surface area (Å²) in [4.78, 5) is 4.53. The van der Waals surface area contributed by atoms with Crippen molar-refractivity contribution in [3.63, 3.8) is 0 Å². The maximum atomic E-state index is 13.9. The van der Waals surface area contributed by atoms with Crippen molar-refractivity contribution in [2.75, 3.05) is 11.6 Å². The van der Waals surface area contributed by atoms with Crippen molar-refractivity contribution in [1.82, 2.24) is 4.72 Å². The molecule has 0 atom stereocenters. The summed E-state index contributed by atoms with van der Waals surface area (Å²) in [6.45, 7) is 0. The summed E-state index contributed by atoms with van der Waals surface area (Å²) in [7, 11) is -3.53. The molecule has 5 nitrogen and oxygen atoms in total. The molecule has 0 bridgehead atoms. The molecule has 27 heavy (non-hydrogen) atoms. The van der Waals surface area contributed by atoms with E-state index in [-0.39, 0.29) is 17.7 Å². The fourth-order valence-corrected chi connectivity index (χ4v) is 3.85. The van der Waals surface area contributed by atoms with Crippen LogP contribution in [0.5, 0.6) is 0 Å². The molecule has 144 valence electrons. The van der Waals surface area contributed by atoms with E-state index in [9.17, 15) is 12.8 Å². The van der Waals surface area contributed by atoms with Gasteiger partial charge in [-0.3, -0.25) is 4.72 Å². The number of benzene rings is 2. The zero-order valence-corrected chi connectivity index (χ0v) is 16.0. The number of guanidine groups is 1. The van der Waals surface area contributed by atoms with E-state index in [4.69, 9.17) is 0 Å². The first kappa shape index (κ1) is 19.4. The molecular weight excluding hydrogens is 365 g/mol. The first-order chi connectivity index (χ1) is 12.9. The number of nitrogens with one attached hydrogen (secondary N) is 2. The number of hydrogen-bond acceptors (Lipinski definition) is 3. The van der Waals surface area contributed by atoms with Crippen LogP contribution in [-0.2, 0) is 10.0 Å². The number of nitrogens with zero attached hydrogens (tertiary/aromatic N) is 1. The molecule has 1 aliphatic carbocycles. The zero-order chi connectivity index (χ0) is 19.3. The van der Waals surface area contributed by atoms with Crippen molar-refractivity contribution >= 4 is 21.7 Å². The molecular formula is C20H24FN3O2S. The predicted octanol–water partition coefficient (Wildman–Crippen LogP) is 3.87. The molecule has 0 radical (unpaired) electrons. The van der Waals surface area contributed by atoms with Gasteiger partial charge >= 0.3 is 0 Å². The van der Waals surface area contributed by atoms with E-state index in [1.54, 1.807) is 18.2 Å². The van der Waals surface area contributed by atoms with E-state index in [1.807, 2.05) is 18.2 Å². The number of anilines is 1. The Morgan fingerprint density at radius 1 is 1.00 bits per heavy atom. The van der Waals surface area contributed by atoms with Crippen LogP contribution in [0.15, 0.2) is 59.6 Å². The average molecular weight is 389 g/mol. The van der Waals surface area contributed by atoms with Crippen molar-refractivity contribution < 1.29 is 12.8 Å². The van der Waals surface area contributed by atoms with E-state index >= 15 is 0 Å². The van der Waals surface area contributed by atoms with Crippen molar-refractivity contribution in [2.24, 2.45) is 4.99 Å². The van der Waals surface area contributed by atoms with Crippen LogP contribution in [-0.4, -0.2) is 26.7 Å². The molecule has 0 spiro atoms. The largest absolute Gasteiger partial charge is 0.323 e. The maximum absolute atomic E-state index is 13.9. The SMILES string of the molecule is CS(=O)(=O)NC(=NC1CCC(c2ccccc2)CC1)Nc1ccccc1F. The van der Waals surface area contributed by atoms with Gasteiger partial charge in [0.1, 0.15) is 5.82 Å². The first-order valence-corrected chi connectivity index (χ1v) is 10.9. The first-order valence-electron chi connectivity index (χ1n) is 9.03. The molecule has 1 aliphatic rings. The minimum atomic E-state index is -3.53. The molecule has 0 unspecified atom stereocenters. The number of para-hydroxylation sites is 1. The van der Waals surface area contributed by atoms with Gasteiger partial charge in [-0.05, 0) is 49.3 Å². The molecule has 0 aliphatic heterocycles. The Bertz CT molecular complexity index is 892. The normalized spacial score (nSPS) is 20.9. The van der Waals surface area contributed by atoms with Crippen molar-refractivity contribution in [3.8, 4) is 0 Å². The van der Waals surface area contributed by atoms with E-state index < -0.39 is 15.8 Å². The average Bonchev–Trinajstić information content (AvgIpc) is 2.64. The molecule has 2 N–H and O–H groups in total. The van der Waals surface area contributed by atoms with Crippen LogP contribution in [0.1, 0.15) is 37.2 Å². The van der Waals surface area contributed by atoms with Gasteiger partial charge in [0.2, 0.25) is 16.0 Å². The van der Waals surface area contributed by atoms with Gasteiger partial charge < -0.3 is 5.32 Å². The standard InChI is InChI=1S/C20H24FN3O2S/c1-27(25,26)24-20(23-19-10-6-5-9-18(19)21)22-17-13-11-16(12-14-17)15-7-3-2-4-8-15/h2-10,16-17H,11-14H2,1H3,(H2,22,23,24). The number of hydrogen-bond donors (Lipinski definition) is 2. The number of rotatable bonds is 4. The van der Waals surface area contributed by atoms with Crippen molar-refractivity contribution in [2.45, 2.75) is 37.6 Å². The lowest BCUT2D eigenvalue weighted by atomic mass is 9.82. The van der Waals surface area contributed by atoms with Gasteiger partial charge in [-0.1, -0.05) is 42.5 Å². The molecule has 0 saturated heterocycles. The second-order valence-electron chi connectivity index (χ2n) is 6.87. The van der Waals surface area contributed by atoms with E-state index in [0.29, 0.717) is 5.92 Å². The summed E-state index contributed by atoms with van der Waals surface area (Å²) in [5.41, 5.74) is 1.52. The molecule has 2 aromatic rings. The highest BCUT2D eigenvalue weighted by Gasteiger charge is 2.23. The van der Waals surface area contributed by atoms with Crippen LogP contribution in [0.2, 0.25) is 0 Å². The second kappa shape index (κ2) is 8.52. The van der Waals surface area contributed by atoms with Gasteiger partial charge in [0.05, 0.1) is 18.0 Å². The third-order valence-electron chi connectivity index (χ3n) is 4.69. The van der Waals surface area contributed by atoms with Gasteiger partial charge in [0.25, 0.3) is 0 Å². The van der Waals surface area contributed by atoms with Crippen LogP contribution < -0.4 is 10.0 Å². The third kappa shape index (κ3) is 5.79. The third-order valence-corrected chi connectivity index (χ3v) is 5.25. The lowest BCUT2D eigenvalue weighted by molar-refractivity contribution is 0.397. The molecule has 7 heteroatoms. The monoisotopic (exact) mass is 389 g/mol. The Kier molecular flexibility index (Phi) is 6.11. The molecule has 0 amide bonds. The highest BCUT2D eigenvalue weighted by molar-refractivity contribution is 7.89. The molecule has 0 aromatic heterocycles. The number of aliphatic imine (C=N–C) groups is 1. The summed E-state index contributed by atoms with van der Waals surface area (Å²) in [6.07, 6.45) is 4.74. The molecule has 1 fully saturated rings. The Morgan fingerprint density at radius 2 is 1.63 bits per heavy atom. The van der Waals surface area contributed by atoms with Gasteiger partial charge in [-0.2, -0.15) is 0 Å². The van der Waals surface area contributed by atoms with E-state index in [2.05, 4.69) is 27.2 Å². The van der Waals surface area contributed by atoms with Crippen molar-refractivity contribution in [3.05, 3.63) is 66.0 Å². The molecule has 1 saturated carbocycles. The minimum Gasteiger partial charge on any atom is -0.323 e. The van der Waals surface area contributed by atoms with Gasteiger partial charge in [0.15, 0.2) is 0 Å². The van der Waals surface area contributed by atoms with E-state index in [0.717, 1.165) is 31.9 Å². The summed E-state index contributed by atoms with van der Waals surface area (Å²) in [6, 6.07) is 16.5. The number of halogens is 1. The summed E-state index contributed by atoms with van der Waals surface area (Å²) in [5, 5.41) is 2.78. The smallest absolute Gasteiger partial charge is 0.232 e. The zero-order valence-electron chi connectivity index (χ0n) is 15.2. The Hall–Kier alpha value is -2.41. The van der Waals surface area contributed by atoms with Crippen LogP contribution >= 0.6 is 0 Å². The van der Waals surface area contributed by atoms with Crippen LogP contribution in [0.25, 0.3) is 0 Å². The molecule has 2 aromatic carbocycles. The fourth-order valence-electron chi connectivity index (χ4n) is 3.40.